The smallest absolute Gasteiger partial charge is 0.211 e. The van der Waals surface area contributed by atoms with Gasteiger partial charge in [0.05, 0.1) is 38.6 Å². The summed E-state index contributed by atoms with van der Waals surface area (Å²) in [6.45, 7) is -2.82. The maximum Gasteiger partial charge on any atom is 0.211 e. The Hall–Kier alpha value is -1.48. The van der Waals surface area contributed by atoms with Gasteiger partial charge in [-0.15, -0.1) is 0 Å². The third kappa shape index (κ3) is 6.71. The topological polar surface area (TPSA) is 328 Å². The van der Waals surface area contributed by atoms with Crippen LogP contribution in [0.25, 0.3) is 0 Å². The summed E-state index contributed by atoms with van der Waals surface area (Å²) in [5, 5.41) is 133. The van der Waals surface area contributed by atoms with E-state index in [2.05, 4.69) is 0 Å². The Labute approximate surface area is 266 Å². The Morgan fingerprint density at radius 2 is 1.11 bits per heavy atom. The highest BCUT2D eigenvalue weighted by molar-refractivity contribution is 5.34. The van der Waals surface area contributed by atoms with Crippen molar-refractivity contribution in [2.45, 2.75) is 110 Å². The van der Waals surface area contributed by atoms with E-state index in [4.69, 9.17) is 33.2 Å². The third-order valence-corrected chi connectivity index (χ3v) is 9.09. The Bertz CT molecular complexity index is 1110. The largest absolute Gasteiger partial charge is 0.472 e. The van der Waals surface area contributed by atoms with Crippen molar-refractivity contribution >= 4 is 0 Å². The van der Waals surface area contributed by atoms with Gasteiger partial charge in [-0.1, -0.05) is 6.08 Å². The molecular weight excluding hydrogens is 644 g/mol. The van der Waals surface area contributed by atoms with Gasteiger partial charge in [-0.25, -0.2) is 0 Å². The lowest BCUT2D eigenvalue weighted by atomic mass is 9.82. The predicted molar refractivity (Wildman–Crippen MR) is 144 cm³/mol. The predicted octanol–water partition coefficient (Wildman–Crippen LogP) is -8.04. The molecule has 4 aliphatic heterocycles. The molecule has 13 N–H and O–H groups in total. The van der Waals surface area contributed by atoms with Crippen LogP contribution in [0.5, 0.6) is 0 Å². The first-order valence-corrected chi connectivity index (χ1v) is 14.9. The van der Waals surface area contributed by atoms with Gasteiger partial charge in [0.1, 0.15) is 85.0 Å². The van der Waals surface area contributed by atoms with Crippen molar-refractivity contribution in [1.82, 2.24) is 0 Å². The first-order chi connectivity index (χ1) is 22.3. The molecule has 1 aliphatic carbocycles. The van der Waals surface area contributed by atoms with Crippen molar-refractivity contribution in [2.75, 3.05) is 26.4 Å². The van der Waals surface area contributed by atoms with E-state index >= 15 is 0 Å². The summed E-state index contributed by atoms with van der Waals surface area (Å²) >= 11 is 0. The minimum Gasteiger partial charge on any atom is -0.472 e. The summed E-state index contributed by atoms with van der Waals surface area (Å²) in [6, 6.07) is 0. The average molecular weight is 687 g/mol. The van der Waals surface area contributed by atoms with E-state index in [0.29, 0.717) is 0 Å². The highest BCUT2D eigenvalue weighted by Crippen LogP contribution is 2.48. The van der Waals surface area contributed by atoms with Crippen LogP contribution in [-0.2, 0) is 33.2 Å². The van der Waals surface area contributed by atoms with E-state index in [0.717, 1.165) is 6.26 Å². The van der Waals surface area contributed by atoms with Gasteiger partial charge in [-0.2, -0.15) is 0 Å². The van der Waals surface area contributed by atoms with Crippen molar-refractivity contribution in [3.05, 3.63) is 24.0 Å². The third-order valence-electron chi connectivity index (χ3n) is 9.09. The quantitative estimate of drug-likeness (QED) is 0.0949. The average Bonchev–Trinajstić information content (AvgIpc) is 3.35. The minimum atomic E-state index is -1.97. The SMILES string of the molecule is OCC1=C[C@@H](O)[C@]2(O[C@H]3O[C@@H](CO[C@H]4O[C@@H](CO)[C@@H](O)[C@H](O)[C@H]4O)[C@@H](O)[C@H](O)[C@H]3O)C=CO[C@@H](O[C@H]3O[C@@H](CO)[C@@H](O)[C@H](O)[C@H]3O)[C@H]12. The minimum absolute atomic E-state index is 0.0878. The van der Waals surface area contributed by atoms with Crippen LogP contribution in [0, 0.1) is 5.92 Å². The van der Waals surface area contributed by atoms with Gasteiger partial charge in [0.25, 0.3) is 0 Å². The van der Waals surface area contributed by atoms with Crippen LogP contribution >= 0.6 is 0 Å². The molecule has 0 bridgehead atoms. The maximum absolute atomic E-state index is 11.2. The highest BCUT2D eigenvalue weighted by Gasteiger charge is 2.60. The molecule has 0 aromatic heterocycles. The van der Waals surface area contributed by atoms with Crippen LogP contribution in [0.4, 0.5) is 0 Å². The van der Waals surface area contributed by atoms with Gasteiger partial charge in [-0.05, 0) is 11.6 Å². The second-order valence-electron chi connectivity index (χ2n) is 12.0. The van der Waals surface area contributed by atoms with Gasteiger partial charge < -0.3 is 99.5 Å². The monoisotopic (exact) mass is 686 g/mol. The van der Waals surface area contributed by atoms with E-state index in [1.807, 2.05) is 0 Å². The summed E-state index contributed by atoms with van der Waals surface area (Å²) in [5.41, 5.74) is -1.88. The highest BCUT2D eigenvalue weighted by atomic mass is 16.8. The number of hydrogen-bond acceptors (Lipinski definition) is 20. The zero-order valence-corrected chi connectivity index (χ0v) is 24.6. The fourth-order valence-corrected chi connectivity index (χ4v) is 6.31. The van der Waals surface area contributed by atoms with Crippen LogP contribution in [0.1, 0.15) is 0 Å². The number of fused-ring (bicyclic) bond motifs is 1. The van der Waals surface area contributed by atoms with Crippen molar-refractivity contribution in [2.24, 2.45) is 5.92 Å². The van der Waals surface area contributed by atoms with E-state index in [1.54, 1.807) is 0 Å². The molecule has 4 heterocycles. The number of aliphatic hydroxyl groups is 13. The molecule has 0 radical (unpaired) electrons. The lowest BCUT2D eigenvalue weighted by molar-refractivity contribution is -0.366. The molecule has 0 amide bonds. The molecule has 20 heteroatoms. The molecule has 5 rings (SSSR count). The van der Waals surface area contributed by atoms with E-state index in [-0.39, 0.29) is 5.57 Å². The van der Waals surface area contributed by atoms with Crippen molar-refractivity contribution in [1.29, 1.82) is 0 Å². The zero-order chi connectivity index (χ0) is 34.4. The molecule has 20 nitrogen and oxygen atoms in total. The standard InChI is InChI=1S/C27H42O20/c28-4-8-3-12(31)27(1-2-41-23(13(8)27)46-25-21(39)18(36)15(33)10(6-30)44-25)47-26-22(40)19(37)16(34)11(45-26)7-42-24-20(38)17(35)14(32)9(5-29)43-24/h1-3,9-26,28-40H,4-7H2/t9-,10-,11-,12+,13-,14+,15+,16+,17-,18-,19-,20+,21+,22+,23-,24-,25+,26+,27+/m0/s1. The molecule has 0 spiro atoms. The number of hydrogen-bond donors (Lipinski definition) is 13. The van der Waals surface area contributed by atoms with Gasteiger partial charge in [-0.3, -0.25) is 0 Å². The number of rotatable bonds is 10. The van der Waals surface area contributed by atoms with Crippen LogP contribution in [0.15, 0.2) is 24.0 Å². The summed E-state index contributed by atoms with van der Waals surface area (Å²) in [6.07, 6.45) is -25.2. The van der Waals surface area contributed by atoms with Gasteiger partial charge in [0, 0.05) is 0 Å². The van der Waals surface area contributed by atoms with E-state index in [1.165, 1.54) is 12.2 Å². The van der Waals surface area contributed by atoms with Gasteiger partial charge in [0.15, 0.2) is 18.9 Å². The van der Waals surface area contributed by atoms with Crippen LogP contribution in [0.3, 0.4) is 0 Å². The molecule has 19 atom stereocenters. The lowest BCUT2D eigenvalue weighted by Gasteiger charge is -2.49. The fourth-order valence-electron chi connectivity index (χ4n) is 6.31. The van der Waals surface area contributed by atoms with Gasteiger partial charge in [0.2, 0.25) is 6.29 Å². The molecule has 3 saturated heterocycles. The van der Waals surface area contributed by atoms with Gasteiger partial charge >= 0.3 is 0 Å². The van der Waals surface area contributed by atoms with Crippen LogP contribution in [-0.4, -0.2) is 203 Å². The second kappa shape index (κ2) is 14.8. The van der Waals surface area contributed by atoms with Crippen molar-refractivity contribution < 1.29 is 99.5 Å². The summed E-state index contributed by atoms with van der Waals surface area (Å²) in [5.74, 6) is -1.27. The number of ether oxygens (including phenoxy) is 7. The fraction of sp³-hybridized carbons (Fsp3) is 0.852. The molecule has 0 unspecified atom stereocenters. The second-order valence-corrected chi connectivity index (χ2v) is 12.0. The molecule has 270 valence electrons. The number of aliphatic hydroxyl groups excluding tert-OH is 13. The van der Waals surface area contributed by atoms with Crippen LogP contribution in [0.2, 0.25) is 0 Å². The lowest BCUT2D eigenvalue weighted by Crippen LogP contribution is -2.64. The Kier molecular flexibility index (Phi) is 11.6. The molecule has 3 fully saturated rings. The Balaban J connectivity index is 1.33. The van der Waals surface area contributed by atoms with E-state index < -0.39 is 142 Å². The Morgan fingerprint density at radius 3 is 1.68 bits per heavy atom. The molecule has 0 aromatic carbocycles. The molecule has 47 heavy (non-hydrogen) atoms. The van der Waals surface area contributed by atoms with Crippen molar-refractivity contribution in [3.8, 4) is 0 Å². The van der Waals surface area contributed by atoms with E-state index in [9.17, 15) is 66.4 Å². The summed E-state index contributed by atoms with van der Waals surface area (Å²) in [4.78, 5) is 0. The summed E-state index contributed by atoms with van der Waals surface area (Å²) in [7, 11) is 0. The van der Waals surface area contributed by atoms with Crippen LogP contribution < -0.4 is 0 Å². The normalized spacial score (nSPS) is 51.7. The molecule has 0 saturated carbocycles. The molecule has 0 aromatic rings. The van der Waals surface area contributed by atoms with Crippen molar-refractivity contribution in [3.63, 3.8) is 0 Å². The molecule has 5 aliphatic rings. The summed E-state index contributed by atoms with van der Waals surface area (Å²) < 4.78 is 39.2. The first-order valence-electron chi connectivity index (χ1n) is 14.9. The zero-order valence-electron chi connectivity index (χ0n) is 24.6. The first kappa shape index (κ1) is 36.8. The Morgan fingerprint density at radius 1 is 0.596 bits per heavy atom. The maximum atomic E-state index is 11.2. The molecular formula is C27H42O20.